The van der Waals surface area contributed by atoms with E-state index in [1.165, 1.54) is 45.1 Å². The Morgan fingerprint density at radius 3 is 2.40 bits per heavy atom. The van der Waals surface area contributed by atoms with Gasteiger partial charge in [-0.15, -0.1) is 11.3 Å². The number of likely N-dealkylation sites (tertiary alicyclic amines) is 2. The molecule has 0 radical (unpaired) electrons. The number of ether oxygens (including phenoxy) is 2. The maximum atomic E-state index is 17.0. The van der Waals surface area contributed by atoms with Crippen molar-refractivity contribution >= 4 is 51.8 Å². The number of anilines is 1. The number of halogens is 3. The number of nitrogens with zero attached hydrogens (tertiary/aromatic N) is 9. The number of nitrogens with one attached hydrogen (secondary N) is 2. The number of hydrogen-bond donors (Lipinski definition) is 3. The van der Waals surface area contributed by atoms with Gasteiger partial charge in [-0.2, -0.15) is 4.98 Å². The summed E-state index contributed by atoms with van der Waals surface area (Å²) in [6, 6.07) is 10.6. The number of rotatable bonds is 20. The van der Waals surface area contributed by atoms with Crippen LogP contribution in [-0.4, -0.2) is 157 Å². The Morgan fingerprint density at radius 2 is 1.72 bits per heavy atom. The first kappa shape index (κ1) is 63.3. The summed E-state index contributed by atoms with van der Waals surface area (Å²) in [5.74, 6) is -2.90. The van der Waals surface area contributed by atoms with E-state index in [4.69, 9.17) is 14.5 Å². The number of piperidine rings is 1. The Kier molecular flexibility index (Phi) is 18.8. The molecule has 4 aromatic heterocycles. The highest BCUT2D eigenvalue weighted by molar-refractivity contribution is 7.13. The molecule has 468 valence electrons. The molecule has 23 heteroatoms. The standard InChI is InChI=1S/C65H78F3N11O8S/c1-10-51(81)76-26-27-77(39(5)33-76)58-45-31-47(67)54(72-59(45)79(63(85)74-58)55-38(4)17-22-69-53(55)37(2)3)52-46(66)13-11-14-49(52)87-35-41-18-24-75(25-19-41)23-12-28-86-50-29-42(56-40(6)71-36-88-56)15-16-43(50)32-70-60(82)48-30-44(80)34-78(48)61(83)57(64(7,8)9)73-62(84)65(68)20-21-65/h10-11,13-17,22,29,31,36-37,39,41,44,48,57,80H,1,12,18-21,23-28,30,32-35H2,2-9H3,(H,70,82)(H,73,84)/t39-,44+,48-,57+/m0/s1. The highest BCUT2D eigenvalue weighted by Gasteiger charge is 2.53. The van der Waals surface area contributed by atoms with E-state index in [1.807, 2.05) is 57.7 Å². The molecule has 1 saturated carbocycles. The van der Waals surface area contributed by atoms with Crippen molar-refractivity contribution in [3.63, 3.8) is 0 Å². The van der Waals surface area contributed by atoms with Crippen molar-refractivity contribution in [1.82, 2.24) is 49.8 Å². The highest BCUT2D eigenvalue weighted by Crippen LogP contribution is 2.42. The molecule has 2 aromatic carbocycles. The molecule has 4 aliphatic rings. The van der Waals surface area contributed by atoms with Crippen LogP contribution in [0.5, 0.6) is 11.5 Å². The number of pyridine rings is 2. The number of carbonyl (C=O) groups is 4. The Balaban J connectivity index is 0.797. The zero-order valence-corrected chi connectivity index (χ0v) is 52.0. The second kappa shape index (κ2) is 26.1. The van der Waals surface area contributed by atoms with Gasteiger partial charge in [0.1, 0.15) is 40.9 Å². The number of carbonyl (C=O) groups excluding carboxylic acids is 4. The highest BCUT2D eigenvalue weighted by atomic mass is 32.1. The van der Waals surface area contributed by atoms with Gasteiger partial charge in [0.25, 0.3) is 5.91 Å². The number of amides is 4. The summed E-state index contributed by atoms with van der Waals surface area (Å²) in [6.07, 6.45) is 4.34. The molecule has 3 aliphatic heterocycles. The van der Waals surface area contributed by atoms with Crippen LogP contribution in [0.15, 0.2) is 77.7 Å². The predicted octanol–water partition coefficient (Wildman–Crippen LogP) is 8.38. The lowest BCUT2D eigenvalue weighted by atomic mass is 9.85. The van der Waals surface area contributed by atoms with E-state index >= 15 is 8.78 Å². The maximum Gasteiger partial charge on any atom is 0.355 e. The molecule has 88 heavy (non-hydrogen) atoms. The molecule has 3 N–H and O–H groups in total. The van der Waals surface area contributed by atoms with E-state index < -0.39 is 64.3 Å². The third kappa shape index (κ3) is 13.5. The molecular weight excluding hydrogens is 1150 g/mol. The number of piperazine rings is 1. The maximum absolute atomic E-state index is 17.0. The molecule has 4 fully saturated rings. The van der Waals surface area contributed by atoms with Crippen LogP contribution in [-0.2, 0) is 25.7 Å². The van der Waals surface area contributed by atoms with E-state index in [1.54, 1.807) is 49.5 Å². The number of hydrogen-bond acceptors (Lipinski definition) is 15. The molecule has 0 bridgehead atoms. The number of aliphatic hydroxyl groups is 1. The SMILES string of the molecule is C=CC(=O)N1CCN(c2nc(=O)n(-c3c(C)ccnc3C(C)C)c3nc(-c4c(F)cccc4OCC4CCN(CCCOc5cc(-c6scnc6C)ccc5CNC(=O)[C@@H]5C[C@@H](O)CN5C(=O)[C@@H](NC(=O)C5(F)CC5)C(C)(C)C)CC4)c(F)cc23)[C@@H](C)C1. The van der Waals surface area contributed by atoms with Gasteiger partial charge in [-0.3, -0.25) is 24.2 Å². The Bertz CT molecular complexity index is 3690. The Morgan fingerprint density at radius 1 is 0.955 bits per heavy atom. The monoisotopic (exact) mass is 1230 g/mol. The second-order valence-corrected chi connectivity index (χ2v) is 26.0. The van der Waals surface area contributed by atoms with E-state index in [9.17, 15) is 33.5 Å². The third-order valence-corrected chi connectivity index (χ3v) is 18.2. The number of thiazole rings is 1. The predicted molar refractivity (Wildman–Crippen MR) is 330 cm³/mol. The molecule has 0 spiro atoms. The van der Waals surface area contributed by atoms with Gasteiger partial charge < -0.3 is 44.8 Å². The number of alkyl halides is 1. The van der Waals surface area contributed by atoms with Gasteiger partial charge in [0.05, 0.1) is 57.7 Å². The summed E-state index contributed by atoms with van der Waals surface area (Å²) in [6.45, 7) is 22.2. The van der Waals surface area contributed by atoms with Crippen LogP contribution >= 0.6 is 11.3 Å². The lowest BCUT2D eigenvalue weighted by molar-refractivity contribution is -0.145. The quantitative estimate of drug-likeness (QED) is 0.0484. The second-order valence-electron chi connectivity index (χ2n) is 25.1. The van der Waals surface area contributed by atoms with Gasteiger partial charge in [-0.05, 0) is 131 Å². The van der Waals surface area contributed by atoms with Gasteiger partial charge in [0, 0.05) is 63.5 Å². The summed E-state index contributed by atoms with van der Waals surface area (Å²) in [5, 5.41) is 16.5. The fourth-order valence-electron chi connectivity index (χ4n) is 12.1. The smallest absolute Gasteiger partial charge is 0.355 e. The lowest BCUT2D eigenvalue weighted by Crippen LogP contribution is -2.59. The van der Waals surface area contributed by atoms with Crippen molar-refractivity contribution in [2.45, 2.75) is 136 Å². The first-order valence-electron chi connectivity index (χ1n) is 30.3. The van der Waals surface area contributed by atoms with Crippen LogP contribution in [0.1, 0.15) is 109 Å². The lowest BCUT2D eigenvalue weighted by Gasteiger charge is -2.40. The largest absolute Gasteiger partial charge is 0.493 e. The van der Waals surface area contributed by atoms with Crippen LogP contribution in [0.2, 0.25) is 0 Å². The number of aryl methyl sites for hydroxylation is 2. The van der Waals surface area contributed by atoms with Crippen molar-refractivity contribution in [3.8, 4) is 38.9 Å². The topological polar surface area (TPSA) is 218 Å². The number of benzene rings is 2. The molecule has 3 saturated heterocycles. The normalized spacial score (nSPS) is 19.2. The molecule has 7 heterocycles. The van der Waals surface area contributed by atoms with Gasteiger partial charge in [-0.25, -0.2) is 32.5 Å². The zero-order chi connectivity index (χ0) is 62.9. The van der Waals surface area contributed by atoms with E-state index in [0.717, 1.165) is 48.6 Å². The minimum Gasteiger partial charge on any atom is -0.493 e. The fraction of sp³-hybridized carbons (Fsp3) is 0.492. The average molecular weight is 1230 g/mol. The van der Waals surface area contributed by atoms with Crippen LogP contribution in [0.4, 0.5) is 19.0 Å². The fourth-order valence-corrected chi connectivity index (χ4v) is 12.9. The first-order chi connectivity index (χ1) is 41.9. The summed E-state index contributed by atoms with van der Waals surface area (Å²) in [7, 11) is 0. The number of fused-ring (bicyclic) bond motifs is 1. The number of β-amino-alcohol motifs (C(OH)–C–C–N with tert-alkyl or cyclic N) is 1. The van der Waals surface area contributed by atoms with E-state index in [-0.39, 0.29) is 96.6 Å². The van der Waals surface area contributed by atoms with Crippen molar-refractivity contribution < 1.29 is 46.9 Å². The van der Waals surface area contributed by atoms with Crippen LogP contribution < -0.4 is 30.7 Å². The summed E-state index contributed by atoms with van der Waals surface area (Å²) in [4.78, 5) is 94.6. The number of aromatic nitrogens is 5. The van der Waals surface area contributed by atoms with Crippen LogP contribution in [0.25, 0.3) is 38.4 Å². The van der Waals surface area contributed by atoms with Crippen LogP contribution in [0.3, 0.4) is 0 Å². The Hall–Kier alpha value is -7.76. The minimum atomic E-state index is -2.00. The molecule has 10 rings (SSSR count). The van der Waals surface area contributed by atoms with Crippen molar-refractivity contribution in [3.05, 3.63) is 118 Å². The van der Waals surface area contributed by atoms with E-state index in [0.29, 0.717) is 60.9 Å². The summed E-state index contributed by atoms with van der Waals surface area (Å²) in [5.41, 5.74) is 2.05. The zero-order valence-electron chi connectivity index (χ0n) is 51.2. The third-order valence-electron chi connectivity index (χ3n) is 17.3. The van der Waals surface area contributed by atoms with Crippen molar-refractivity contribution in [1.29, 1.82) is 0 Å². The van der Waals surface area contributed by atoms with Crippen molar-refractivity contribution in [2.24, 2.45) is 11.3 Å². The van der Waals surface area contributed by atoms with Gasteiger partial charge >= 0.3 is 5.69 Å². The summed E-state index contributed by atoms with van der Waals surface area (Å²) < 4.78 is 62.4. The van der Waals surface area contributed by atoms with Gasteiger partial charge in [-0.1, -0.05) is 59.4 Å². The molecule has 0 unspecified atom stereocenters. The molecule has 6 aromatic rings. The van der Waals surface area contributed by atoms with Crippen molar-refractivity contribution in [2.75, 3.05) is 63.9 Å². The first-order valence-corrected chi connectivity index (χ1v) is 31.2. The van der Waals surface area contributed by atoms with Gasteiger partial charge in [0.15, 0.2) is 17.1 Å². The number of aliphatic hydroxyl groups excluding tert-OH is 1. The van der Waals surface area contributed by atoms with Gasteiger partial charge in [0.2, 0.25) is 17.7 Å². The molecule has 4 atom stereocenters. The minimum absolute atomic E-state index is 0.00642. The molecular formula is C65H78F3N11O8S. The van der Waals surface area contributed by atoms with E-state index in [2.05, 4.69) is 37.1 Å². The average Bonchev–Trinajstić information content (AvgIpc) is 1.00. The molecule has 1 aliphatic carbocycles. The summed E-state index contributed by atoms with van der Waals surface area (Å²) >= 11 is 1.50. The van der Waals surface area contributed by atoms with Crippen LogP contribution in [0, 0.1) is 36.8 Å². The molecule has 4 amide bonds. The molecule has 19 nitrogen and oxygen atoms in total. The Labute approximate surface area is 514 Å².